The molecule has 1 aliphatic heterocycles. The highest BCUT2D eigenvalue weighted by atomic mass is 16.5. The summed E-state index contributed by atoms with van der Waals surface area (Å²) in [5.74, 6) is 0.755. The Morgan fingerprint density at radius 2 is 2.14 bits per heavy atom. The predicted octanol–water partition coefficient (Wildman–Crippen LogP) is 3.34. The summed E-state index contributed by atoms with van der Waals surface area (Å²) in [5.41, 5.74) is 4.13. The fraction of sp³-hybridized carbons (Fsp3) is 0.308. The molecule has 4 N–H and O–H groups in total. The number of hydrogen-bond acceptors (Lipinski definition) is 8. The van der Waals surface area contributed by atoms with Crippen LogP contribution in [0.2, 0.25) is 0 Å². The van der Waals surface area contributed by atoms with Crippen LogP contribution in [0.25, 0.3) is 11.3 Å². The van der Waals surface area contributed by atoms with Gasteiger partial charge in [-0.25, -0.2) is 9.97 Å². The van der Waals surface area contributed by atoms with E-state index in [1.54, 1.807) is 43.6 Å². The second-order valence-electron chi connectivity index (χ2n) is 9.13. The molecular weight excluding hydrogens is 444 g/mol. The number of hydrogen-bond donors (Lipinski definition) is 4. The Labute approximate surface area is 203 Å². The number of nitriles is 1. The fourth-order valence-electron chi connectivity index (χ4n) is 4.15. The second kappa shape index (κ2) is 8.89. The number of carbonyl (C=O) groups excluding carboxylic acids is 1. The first kappa shape index (κ1) is 22.6. The summed E-state index contributed by atoms with van der Waals surface area (Å²) in [5, 5.41) is 28.8. The van der Waals surface area contributed by atoms with Gasteiger partial charge < -0.3 is 25.8 Å². The van der Waals surface area contributed by atoms with E-state index in [0.717, 1.165) is 29.7 Å². The van der Waals surface area contributed by atoms with Crippen LogP contribution >= 0.6 is 0 Å². The summed E-state index contributed by atoms with van der Waals surface area (Å²) in [6, 6.07) is 13.0. The van der Waals surface area contributed by atoms with Crippen molar-refractivity contribution in [1.82, 2.24) is 15.3 Å². The van der Waals surface area contributed by atoms with Crippen molar-refractivity contribution in [3.8, 4) is 23.1 Å². The van der Waals surface area contributed by atoms with Gasteiger partial charge in [0.2, 0.25) is 5.95 Å². The molecule has 2 heterocycles. The van der Waals surface area contributed by atoms with Crippen LogP contribution in [0.15, 0.2) is 42.6 Å². The largest absolute Gasteiger partial charge is 0.488 e. The highest BCUT2D eigenvalue weighted by Crippen LogP contribution is 2.41. The molecule has 1 atom stereocenters. The molecule has 178 valence electrons. The minimum atomic E-state index is -0.486. The zero-order valence-electron chi connectivity index (χ0n) is 19.6. The monoisotopic (exact) mass is 470 g/mol. The molecule has 1 fully saturated rings. The lowest BCUT2D eigenvalue weighted by atomic mass is 9.83. The van der Waals surface area contributed by atoms with Gasteiger partial charge in [0.1, 0.15) is 11.8 Å². The van der Waals surface area contributed by atoms with Crippen molar-refractivity contribution in [2.75, 3.05) is 30.8 Å². The number of rotatable bonds is 7. The van der Waals surface area contributed by atoms with Gasteiger partial charge in [-0.3, -0.25) is 4.79 Å². The Kier molecular flexibility index (Phi) is 5.75. The molecule has 1 aromatic heterocycles. The molecule has 0 unspecified atom stereocenters. The van der Waals surface area contributed by atoms with E-state index in [4.69, 9.17) is 4.74 Å². The molecule has 0 saturated heterocycles. The minimum absolute atomic E-state index is 0.0383. The molecule has 1 aliphatic carbocycles. The maximum absolute atomic E-state index is 12.2. The third-order valence-corrected chi connectivity index (χ3v) is 6.40. The van der Waals surface area contributed by atoms with Crippen LogP contribution in [0.3, 0.4) is 0 Å². The zero-order valence-corrected chi connectivity index (χ0v) is 19.6. The lowest BCUT2D eigenvalue weighted by molar-refractivity contribution is 0.0963. The number of anilines is 3. The van der Waals surface area contributed by atoms with Gasteiger partial charge in [0, 0.05) is 36.3 Å². The first-order valence-electron chi connectivity index (χ1n) is 11.5. The van der Waals surface area contributed by atoms with E-state index in [1.807, 2.05) is 13.0 Å². The first-order chi connectivity index (χ1) is 16.9. The van der Waals surface area contributed by atoms with E-state index in [0.29, 0.717) is 40.8 Å². The van der Waals surface area contributed by atoms with Crippen molar-refractivity contribution < 1.29 is 14.6 Å². The molecule has 9 nitrogen and oxygen atoms in total. The number of aliphatic hydroxyl groups excluding tert-OH is 1. The molecule has 9 heteroatoms. The molecule has 1 amide bonds. The predicted molar refractivity (Wildman–Crippen MR) is 132 cm³/mol. The van der Waals surface area contributed by atoms with E-state index in [2.05, 4.69) is 32.0 Å². The number of benzene rings is 2. The van der Waals surface area contributed by atoms with Gasteiger partial charge in [-0.1, -0.05) is 6.92 Å². The van der Waals surface area contributed by atoms with Gasteiger partial charge in [0.25, 0.3) is 5.91 Å². The lowest BCUT2D eigenvalue weighted by Gasteiger charge is -2.21. The van der Waals surface area contributed by atoms with Crippen molar-refractivity contribution in [3.05, 3.63) is 59.3 Å². The normalized spacial score (nSPS) is 18.2. The number of amides is 1. The quantitative estimate of drug-likeness (QED) is 0.413. The van der Waals surface area contributed by atoms with Gasteiger partial charge in [0.05, 0.1) is 35.3 Å². The Balaban J connectivity index is 1.51. The molecule has 35 heavy (non-hydrogen) atoms. The number of nitrogens with zero attached hydrogens (tertiary/aromatic N) is 3. The summed E-state index contributed by atoms with van der Waals surface area (Å²) in [6.45, 7) is 2.48. The van der Waals surface area contributed by atoms with Crippen molar-refractivity contribution in [3.63, 3.8) is 0 Å². The number of nitrogens with one attached hydrogen (secondary N) is 3. The molecule has 2 aliphatic rings. The SMILES string of the molecule is CNC(=O)c1ccc(OC2CC2)c(Nc2nccc(-c3cc(C#N)c4c(c3)[C@@](C)(CO)CN4)n2)c1. The van der Waals surface area contributed by atoms with E-state index < -0.39 is 5.41 Å². The zero-order chi connectivity index (χ0) is 24.6. The Morgan fingerprint density at radius 1 is 1.31 bits per heavy atom. The average molecular weight is 471 g/mol. The molecular formula is C26H26N6O3. The maximum atomic E-state index is 12.2. The first-order valence-corrected chi connectivity index (χ1v) is 11.5. The summed E-state index contributed by atoms with van der Waals surface area (Å²) >= 11 is 0. The van der Waals surface area contributed by atoms with Crippen LogP contribution in [0.4, 0.5) is 17.3 Å². The fourth-order valence-corrected chi connectivity index (χ4v) is 4.15. The number of aromatic nitrogens is 2. The number of fused-ring (bicyclic) bond motifs is 1. The minimum Gasteiger partial charge on any atom is -0.488 e. The van der Waals surface area contributed by atoms with Crippen LogP contribution in [-0.4, -0.2) is 47.3 Å². The van der Waals surface area contributed by atoms with Crippen molar-refractivity contribution in [2.45, 2.75) is 31.3 Å². The van der Waals surface area contributed by atoms with Crippen molar-refractivity contribution in [2.24, 2.45) is 0 Å². The highest BCUT2D eigenvalue weighted by Gasteiger charge is 2.36. The van der Waals surface area contributed by atoms with Gasteiger partial charge in [-0.15, -0.1) is 0 Å². The molecule has 0 radical (unpaired) electrons. The molecule has 0 spiro atoms. The Hall–Kier alpha value is -4.16. The Morgan fingerprint density at radius 3 is 2.86 bits per heavy atom. The van der Waals surface area contributed by atoms with Crippen LogP contribution in [0.5, 0.6) is 5.75 Å². The third kappa shape index (κ3) is 4.36. The van der Waals surface area contributed by atoms with Crippen LogP contribution in [0.1, 0.15) is 41.3 Å². The molecule has 5 rings (SSSR count). The van der Waals surface area contributed by atoms with E-state index in [-0.39, 0.29) is 18.6 Å². The molecule has 2 aromatic carbocycles. The van der Waals surface area contributed by atoms with Gasteiger partial charge in [-0.2, -0.15) is 5.26 Å². The van der Waals surface area contributed by atoms with Crippen LogP contribution in [0, 0.1) is 11.3 Å². The molecule has 0 bridgehead atoms. The number of carbonyl (C=O) groups is 1. The standard InChI is InChI=1S/C26H26N6O3/c1-26(14-33)13-30-23-17(12-27)9-16(10-19(23)26)20-7-8-29-25(31-20)32-21-11-15(24(34)28-2)3-6-22(21)35-18-4-5-18/h3,6-11,18,30,33H,4-5,13-14H2,1-2H3,(H,28,34)(H,29,31,32)/t26-/m1/s1. The smallest absolute Gasteiger partial charge is 0.251 e. The molecule has 3 aromatic rings. The Bertz CT molecular complexity index is 1350. The van der Waals surface area contributed by atoms with E-state index in [1.165, 1.54) is 0 Å². The van der Waals surface area contributed by atoms with Crippen molar-refractivity contribution >= 4 is 23.2 Å². The molecule has 1 saturated carbocycles. The van der Waals surface area contributed by atoms with Crippen LogP contribution < -0.4 is 20.7 Å². The summed E-state index contributed by atoms with van der Waals surface area (Å²) in [4.78, 5) is 21.2. The second-order valence-corrected chi connectivity index (χ2v) is 9.13. The van der Waals surface area contributed by atoms with E-state index >= 15 is 0 Å². The van der Waals surface area contributed by atoms with Gasteiger partial charge in [-0.05, 0) is 54.8 Å². The van der Waals surface area contributed by atoms with Crippen molar-refractivity contribution in [1.29, 1.82) is 5.26 Å². The lowest BCUT2D eigenvalue weighted by Crippen LogP contribution is -2.28. The van der Waals surface area contributed by atoms with Gasteiger partial charge in [0.15, 0.2) is 0 Å². The maximum Gasteiger partial charge on any atom is 0.251 e. The van der Waals surface area contributed by atoms with Gasteiger partial charge >= 0.3 is 0 Å². The number of ether oxygens (including phenoxy) is 1. The topological polar surface area (TPSA) is 132 Å². The van der Waals surface area contributed by atoms with E-state index in [9.17, 15) is 15.2 Å². The van der Waals surface area contributed by atoms with Crippen LogP contribution in [-0.2, 0) is 5.41 Å². The summed E-state index contributed by atoms with van der Waals surface area (Å²) in [7, 11) is 1.58. The number of aliphatic hydroxyl groups is 1. The summed E-state index contributed by atoms with van der Waals surface area (Å²) in [6.07, 6.45) is 3.82. The average Bonchev–Trinajstić information content (AvgIpc) is 3.65. The third-order valence-electron chi connectivity index (χ3n) is 6.40. The highest BCUT2D eigenvalue weighted by molar-refractivity contribution is 5.95. The summed E-state index contributed by atoms with van der Waals surface area (Å²) < 4.78 is 6.01.